The van der Waals surface area contributed by atoms with Crippen molar-refractivity contribution in [3.8, 4) is 0 Å². The number of rotatable bonds is 3. The summed E-state index contributed by atoms with van der Waals surface area (Å²) in [6.45, 7) is 0. The van der Waals surface area contributed by atoms with Crippen LogP contribution in [0, 0.1) is 0 Å². The van der Waals surface area contributed by atoms with Gasteiger partial charge in [-0.05, 0) is 23.9 Å². The maximum atomic E-state index is 13.4. The number of amides is 1. The molecule has 0 spiro atoms. The first-order valence-corrected chi connectivity index (χ1v) is 8.53. The zero-order valence-corrected chi connectivity index (χ0v) is 13.3. The Bertz CT molecular complexity index is 837. The molecule has 0 aliphatic carbocycles. The molecule has 0 saturated carbocycles. The lowest BCUT2D eigenvalue weighted by Crippen LogP contribution is -2.49. The molecule has 1 aromatic carbocycles. The van der Waals surface area contributed by atoms with E-state index >= 15 is 0 Å². The van der Waals surface area contributed by atoms with Gasteiger partial charge in [0, 0.05) is 4.90 Å². The van der Waals surface area contributed by atoms with Crippen molar-refractivity contribution >= 4 is 38.9 Å². The van der Waals surface area contributed by atoms with Crippen molar-refractivity contribution in [3.05, 3.63) is 12.1 Å². The Morgan fingerprint density at radius 3 is 2.16 bits per heavy atom. The molecule has 0 bridgehead atoms. The number of anilines is 2. The average Bonchev–Trinajstić information content (AvgIpc) is 2.33. The normalized spacial score (nSPS) is 17.8. The largest absolute Gasteiger partial charge is 0.460 e. The topological polar surface area (TPSA) is 89.3 Å². The fourth-order valence-corrected chi connectivity index (χ4v) is 4.26. The summed E-state index contributed by atoms with van der Waals surface area (Å²) in [4.78, 5) is 9.78. The van der Waals surface area contributed by atoms with Gasteiger partial charge in [-0.15, -0.1) is 0 Å². The lowest BCUT2D eigenvalue weighted by molar-refractivity contribution is -0.330. The molecule has 0 saturated heterocycles. The number of nitrogens with one attached hydrogen (secondary N) is 1. The van der Waals surface area contributed by atoms with Crippen molar-refractivity contribution in [1.29, 1.82) is 0 Å². The molecule has 14 heteroatoms. The van der Waals surface area contributed by atoms with Crippen LogP contribution in [0.1, 0.15) is 0 Å². The summed E-state index contributed by atoms with van der Waals surface area (Å²) in [5, 5.41) is -3.62. The highest BCUT2D eigenvalue weighted by molar-refractivity contribution is 8.00. The van der Waals surface area contributed by atoms with E-state index in [1.54, 1.807) is 0 Å². The van der Waals surface area contributed by atoms with E-state index in [4.69, 9.17) is 5.73 Å². The van der Waals surface area contributed by atoms with E-state index in [-0.39, 0.29) is 0 Å². The summed E-state index contributed by atoms with van der Waals surface area (Å²) >= 11 is -1.16. The number of nitrogen functional groups attached to an aromatic ring is 1. The fourth-order valence-electron chi connectivity index (χ4n) is 1.93. The van der Waals surface area contributed by atoms with Crippen LogP contribution in [0.4, 0.5) is 42.1 Å². The second-order valence-corrected chi connectivity index (χ2v) is 8.00. The molecule has 0 aromatic heterocycles. The average molecular weight is 412 g/mol. The van der Waals surface area contributed by atoms with Crippen LogP contribution in [0.5, 0.6) is 0 Å². The van der Waals surface area contributed by atoms with Crippen molar-refractivity contribution in [2.45, 2.75) is 27.1 Å². The summed E-state index contributed by atoms with van der Waals surface area (Å²) in [6.07, 6.45) is -6.51. The number of nitrogens with two attached hydrogens (primary N) is 1. The first-order valence-electron chi connectivity index (χ1n) is 6.06. The summed E-state index contributed by atoms with van der Waals surface area (Å²) < 4.78 is 113. The van der Waals surface area contributed by atoms with Crippen molar-refractivity contribution in [1.82, 2.24) is 0 Å². The highest BCUT2D eigenvalue weighted by Gasteiger charge is 2.73. The lowest BCUT2D eigenvalue weighted by atomic mass is 10.2. The van der Waals surface area contributed by atoms with Crippen LogP contribution in [0.2, 0.25) is 0 Å². The molecule has 25 heavy (non-hydrogen) atoms. The van der Waals surface area contributed by atoms with Crippen molar-refractivity contribution < 1.29 is 43.9 Å². The van der Waals surface area contributed by atoms with Gasteiger partial charge in [-0.3, -0.25) is 4.79 Å². The molecule has 2 rings (SSSR count). The van der Waals surface area contributed by atoms with E-state index in [1.807, 2.05) is 5.32 Å². The zero-order chi connectivity index (χ0) is 19.4. The van der Waals surface area contributed by atoms with Gasteiger partial charge in [0.25, 0.3) is 0 Å². The number of halogens is 7. The molecule has 1 aliphatic rings. The Labute approximate surface area is 139 Å². The molecule has 0 radical (unpaired) electrons. The zero-order valence-electron chi connectivity index (χ0n) is 11.6. The fraction of sp³-hybridized carbons (Fsp3) is 0.364. The molecule has 5 nitrogen and oxygen atoms in total. The number of thioether (sulfide) groups is 1. The van der Waals surface area contributed by atoms with Crippen LogP contribution in [0.25, 0.3) is 0 Å². The van der Waals surface area contributed by atoms with Crippen LogP contribution in [-0.4, -0.2) is 37.4 Å². The van der Waals surface area contributed by atoms with E-state index < -0.39 is 71.8 Å². The number of fused-ring (bicyclic) bond motifs is 1. The Morgan fingerprint density at radius 1 is 1.08 bits per heavy atom. The van der Waals surface area contributed by atoms with Gasteiger partial charge < -0.3 is 11.1 Å². The predicted molar refractivity (Wildman–Crippen MR) is 73.3 cm³/mol. The Kier molecular flexibility index (Phi) is 4.44. The molecule has 3 N–H and O–H groups in total. The molecular formula is C11H7F7N2O3S2. The molecule has 0 unspecified atom stereocenters. The SMILES string of the molecule is Nc1cc(SC(F)(F)C(F)(F)C(F)(F)F)cc2c1S(=O)(=O)CC(=O)N2. The van der Waals surface area contributed by atoms with Gasteiger partial charge in [0.05, 0.1) is 11.4 Å². The minimum Gasteiger partial charge on any atom is -0.398 e. The second kappa shape index (κ2) is 5.65. The first kappa shape index (κ1) is 19.6. The van der Waals surface area contributed by atoms with E-state index in [1.165, 1.54) is 0 Å². The molecule has 1 heterocycles. The molecule has 140 valence electrons. The smallest absolute Gasteiger partial charge is 0.398 e. The first-order chi connectivity index (χ1) is 11.1. The highest BCUT2D eigenvalue weighted by atomic mass is 32.2. The van der Waals surface area contributed by atoms with Crippen molar-refractivity contribution in [2.24, 2.45) is 0 Å². The Balaban J connectivity index is 2.49. The quantitative estimate of drug-likeness (QED) is 0.453. The number of hydrogen-bond acceptors (Lipinski definition) is 5. The molecule has 1 aromatic rings. The van der Waals surface area contributed by atoms with Crippen LogP contribution >= 0.6 is 11.8 Å². The van der Waals surface area contributed by atoms with E-state index in [0.29, 0.717) is 12.1 Å². The van der Waals surface area contributed by atoms with E-state index in [2.05, 4.69) is 0 Å². The van der Waals surface area contributed by atoms with Crippen molar-refractivity contribution in [3.63, 3.8) is 0 Å². The minimum atomic E-state index is -6.51. The Morgan fingerprint density at radius 2 is 1.64 bits per heavy atom. The van der Waals surface area contributed by atoms with Crippen LogP contribution < -0.4 is 11.1 Å². The summed E-state index contributed by atoms with van der Waals surface area (Å²) in [6, 6.07) is 1.05. The van der Waals surface area contributed by atoms with Crippen molar-refractivity contribution in [2.75, 3.05) is 16.8 Å². The number of benzene rings is 1. The molecule has 0 atom stereocenters. The van der Waals surface area contributed by atoms with E-state index in [9.17, 15) is 43.9 Å². The lowest BCUT2D eigenvalue weighted by Gasteiger charge is -2.28. The van der Waals surface area contributed by atoms with E-state index in [0.717, 1.165) is 0 Å². The highest BCUT2D eigenvalue weighted by Crippen LogP contribution is 2.54. The summed E-state index contributed by atoms with van der Waals surface area (Å²) in [5.41, 5.74) is 4.12. The van der Waals surface area contributed by atoms with Gasteiger partial charge >= 0.3 is 17.4 Å². The second-order valence-electron chi connectivity index (χ2n) is 4.89. The molecular weight excluding hydrogens is 405 g/mol. The third-order valence-corrected chi connectivity index (χ3v) is 5.67. The van der Waals surface area contributed by atoms with Crippen LogP contribution in [-0.2, 0) is 14.6 Å². The van der Waals surface area contributed by atoms with Crippen LogP contribution in [0.15, 0.2) is 21.9 Å². The third kappa shape index (κ3) is 3.36. The van der Waals surface area contributed by atoms with Gasteiger partial charge in [0.15, 0.2) is 9.84 Å². The van der Waals surface area contributed by atoms with Gasteiger partial charge in [-0.25, -0.2) is 8.42 Å². The maximum Gasteiger partial charge on any atom is 0.460 e. The summed E-state index contributed by atoms with van der Waals surface area (Å²) in [7, 11) is -4.20. The monoisotopic (exact) mass is 412 g/mol. The van der Waals surface area contributed by atoms with Gasteiger partial charge in [0.1, 0.15) is 10.6 Å². The number of carbonyl (C=O) groups excluding carboxylic acids is 1. The number of hydrogen-bond donors (Lipinski definition) is 2. The third-order valence-electron chi connectivity index (χ3n) is 2.96. The van der Waals surface area contributed by atoms with Gasteiger partial charge in [0.2, 0.25) is 5.91 Å². The molecule has 0 fully saturated rings. The minimum absolute atomic E-state index is 0.513. The number of sulfone groups is 1. The van der Waals surface area contributed by atoms with Crippen LogP contribution in [0.3, 0.4) is 0 Å². The summed E-state index contributed by atoms with van der Waals surface area (Å²) in [5.74, 6) is -8.37. The molecule has 1 amide bonds. The maximum absolute atomic E-state index is 13.4. The standard InChI is InChI=1S/C11H7F7N2O3S2/c12-9(13,10(14,15)16)11(17,18)24-4-1-5(19)8-6(2-4)20-7(21)3-25(8,22)23/h1-2H,3,19H2,(H,20,21). The molecule has 1 aliphatic heterocycles. The predicted octanol–water partition coefficient (Wildman–Crippen LogP) is 2.88. The van der Waals surface area contributed by atoms with Gasteiger partial charge in [-0.1, -0.05) is 0 Å². The van der Waals surface area contributed by atoms with Gasteiger partial charge in [-0.2, -0.15) is 30.7 Å². The number of carbonyl (C=O) groups is 1. The number of alkyl halides is 7. The Hall–Kier alpha value is -1.70.